The number of aromatic nitrogens is 2. The molecule has 6 nitrogen and oxygen atoms in total. The Balaban J connectivity index is 2.23. The smallest absolute Gasteiger partial charge is 0.353 e. The van der Waals surface area contributed by atoms with Crippen LogP contribution in [-0.4, -0.2) is 25.7 Å². The Morgan fingerprint density at radius 2 is 2.16 bits per heavy atom. The van der Waals surface area contributed by atoms with Crippen LogP contribution in [0.4, 0.5) is 0 Å². The fraction of sp³-hybridized carbons (Fsp3) is 0.250. The number of aromatic carboxylic acids is 1. The van der Waals surface area contributed by atoms with E-state index in [1.54, 1.807) is 0 Å². The SMILES string of the molecule is O=C(O)c1cc(O)cc(=O)n1-c1nc2c(s1)CCC2. The maximum Gasteiger partial charge on any atom is 0.353 e. The molecule has 0 aromatic carbocycles. The lowest BCUT2D eigenvalue weighted by atomic mass is 10.3. The molecular weight excluding hydrogens is 268 g/mol. The Morgan fingerprint density at radius 1 is 1.37 bits per heavy atom. The zero-order chi connectivity index (χ0) is 13.6. The molecule has 0 fully saturated rings. The van der Waals surface area contributed by atoms with Crippen molar-refractivity contribution in [1.82, 2.24) is 9.55 Å². The monoisotopic (exact) mass is 278 g/mol. The van der Waals surface area contributed by atoms with E-state index >= 15 is 0 Å². The van der Waals surface area contributed by atoms with Gasteiger partial charge in [0.2, 0.25) is 0 Å². The molecule has 2 aromatic rings. The van der Waals surface area contributed by atoms with Gasteiger partial charge in [-0.05, 0) is 19.3 Å². The predicted octanol–water partition coefficient (Wildman–Crippen LogP) is 1.19. The number of aromatic hydroxyl groups is 1. The Morgan fingerprint density at radius 3 is 2.84 bits per heavy atom. The molecule has 7 heteroatoms. The number of hydrogen-bond acceptors (Lipinski definition) is 5. The van der Waals surface area contributed by atoms with Gasteiger partial charge in [-0.15, -0.1) is 11.3 Å². The van der Waals surface area contributed by atoms with E-state index in [0.717, 1.165) is 46.5 Å². The van der Waals surface area contributed by atoms with Crippen LogP contribution in [0.1, 0.15) is 27.5 Å². The molecule has 3 rings (SSSR count). The number of thiazole rings is 1. The first-order chi connectivity index (χ1) is 9.06. The molecule has 0 bridgehead atoms. The minimum absolute atomic E-state index is 0.280. The van der Waals surface area contributed by atoms with Crippen molar-refractivity contribution in [2.45, 2.75) is 19.3 Å². The quantitative estimate of drug-likeness (QED) is 0.860. The third kappa shape index (κ3) is 1.91. The summed E-state index contributed by atoms with van der Waals surface area (Å²) in [4.78, 5) is 28.5. The van der Waals surface area contributed by atoms with Gasteiger partial charge in [0.05, 0.1) is 5.69 Å². The molecule has 0 amide bonds. The molecule has 0 saturated carbocycles. The van der Waals surface area contributed by atoms with Gasteiger partial charge in [-0.25, -0.2) is 14.3 Å². The van der Waals surface area contributed by atoms with Gasteiger partial charge in [0, 0.05) is 17.0 Å². The molecule has 19 heavy (non-hydrogen) atoms. The van der Waals surface area contributed by atoms with E-state index in [-0.39, 0.29) is 11.4 Å². The minimum atomic E-state index is -1.27. The van der Waals surface area contributed by atoms with Crippen LogP contribution in [-0.2, 0) is 12.8 Å². The number of carboxylic acids is 1. The zero-order valence-corrected chi connectivity index (χ0v) is 10.6. The molecule has 0 unspecified atom stereocenters. The van der Waals surface area contributed by atoms with Gasteiger partial charge in [-0.2, -0.15) is 0 Å². The van der Waals surface area contributed by atoms with Gasteiger partial charge in [-0.1, -0.05) is 0 Å². The lowest BCUT2D eigenvalue weighted by molar-refractivity contribution is 0.0686. The third-order valence-electron chi connectivity index (χ3n) is 3.01. The maximum absolute atomic E-state index is 11.9. The van der Waals surface area contributed by atoms with Crippen LogP contribution in [0, 0.1) is 0 Å². The molecule has 2 aromatic heterocycles. The van der Waals surface area contributed by atoms with E-state index in [1.807, 2.05) is 0 Å². The van der Waals surface area contributed by atoms with E-state index in [9.17, 15) is 14.7 Å². The number of carbonyl (C=O) groups is 1. The molecule has 0 atom stereocenters. The second kappa shape index (κ2) is 4.20. The van der Waals surface area contributed by atoms with Crippen LogP contribution in [0.25, 0.3) is 5.13 Å². The molecule has 0 aliphatic heterocycles. The Hall–Kier alpha value is -2.15. The highest BCUT2D eigenvalue weighted by molar-refractivity contribution is 7.14. The molecule has 0 radical (unpaired) electrons. The molecular formula is C12H10N2O4S. The number of fused-ring (bicyclic) bond motifs is 1. The van der Waals surface area contributed by atoms with Crippen molar-refractivity contribution in [1.29, 1.82) is 0 Å². The van der Waals surface area contributed by atoms with Gasteiger partial charge >= 0.3 is 5.97 Å². The first-order valence-electron chi connectivity index (χ1n) is 5.74. The highest BCUT2D eigenvalue weighted by Gasteiger charge is 2.21. The van der Waals surface area contributed by atoms with Crippen molar-refractivity contribution in [3.63, 3.8) is 0 Å². The van der Waals surface area contributed by atoms with Crippen molar-refractivity contribution in [3.8, 4) is 10.9 Å². The van der Waals surface area contributed by atoms with Crippen molar-refractivity contribution in [2.75, 3.05) is 0 Å². The van der Waals surface area contributed by atoms with Crippen LogP contribution in [0.2, 0.25) is 0 Å². The standard InChI is InChI=1S/C12H10N2O4S/c15-6-4-8(11(17)18)14(10(16)5-6)12-13-7-2-1-3-9(7)19-12/h4-5,15H,1-3H2,(H,17,18). The topological polar surface area (TPSA) is 92.4 Å². The van der Waals surface area contributed by atoms with E-state index in [0.29, 0.717) is 5.13 Å². The second-order valence-corrected chi connectivity index (χ2v) is 5.36. The molecule has 2 N–H and O–H groups in total. The number of aryl methyl sites for hydroxylation is 2. The normalized spacial score (nSPS) is 13.5. The van der Waals surface area contributed by atoms with Crippen LogP contribution >= 0.6 is 11.3 Å². The van der Waals surface area contributed by atoms with Crippen molar-refractivity contribution in [3.05, 3.63) is 38.8 Å². The Labute approximate surface area is 111 Å². The van der Waals surface area contributed by atoms with Gasteiger partial charge in [0.15, 0.2) is 5.13 Å². The maximum atomic E-state index is 11.9. The molecule has 1 aliphatic rings. The van der Waals surface area contributed by atoms with E-state index in [1.165, 1.54) is 11.3 Å². The average molecular weight is 278 g/mol. The van der Waals surface area contributed by atoms with Crippen molar-refractivity contribution < 1.29 is 15.0 Å². The van der Waals surface area contributed by atoms with Crippen LogP contribution in [0.3, 0.4) is 0 Å². The highest BCUT2D eigenvalue weighted by atomic mass is 32.1. The number of hydrogen-bond donors (Lipinski definition) is 2. The van der Waals surface area contributed by atoms with Gasteiger partial charge in [0.25, 0.3) is 5.56 Å². The molecule has 98 valence electrons. The van der Waals surface area contributed by atoms with E-state index in [4.69, 9.17) is 5.11 Å². The number of rotatable bonds is 2. The summed E-state index contributed by atoms with van der Waals surface area (Å²) in [5.41, 5.74) is 0.0681. The lowest BCUT2D eigenvalue weighted by Gasteiger charge is -2.06. The summed E-state index contributed by atoms with van der Waals surface area (Å²) in [5, 5.41) is 18.8. The summed E-state index contributed by atoms with van der Waals surface area (Å²) < 4.78 is 1.03. The van der Waals surface area contributed by atoms with E-state index in [2.05, 4.69) is 4.98 Å². The zero-order valence-electron chi connectivity index (χ0n) is 9.79. The van der Waals surface area contributed by atoms with E-state index < -0.39 is 11.5 Å². The summed E-state index contributed by atoms with van der Waals surface area (Å²) in [6.45, 7) is 0. The summed E-state index contributed by atoms with van der Waals surface area (Å²) >= 11 is 1.33. The summed E-state index contributed by atoms with van der Waals surface area (Å²) in [6, 6.07) is 2.04. The van der Waals surface area contributed by atoms with Gasteiger partial charge in [-0.3, -0.25) is 4.79 Å². The van der Waals surface area contributed by atoms with Crippen LogP contribution in [0.15, 0.2) is 16.9 Å². The molecule has 0 spiro atoms. The summed E-state index contributed by atoms with van der Waals surface area (Å²) in [6.07, 6.45) is 2.83. The van der Waals surface area contributed by atoms with Crippen molar-refractivity contribution in [2.24, 2.45) is 0 Å². The summed E-state index contributed by atoms with van der Waals surface area (Å²) in [5.74, 6) is -1.63. The van der Waals surface area contributed by atoms with Gasteiger partial charge < -0.3 is 10.2 Å². The second-order valence-electron chi connectivity index (χ2n) is 4.30. The van der Waals surface area contributed by atoms with Gasteiger partial charge in [0.1, 0.15) is 11.4 Å². The predicted molar refractivity (Wildman–Crippen MR) is 68.4 cm³/mol. The summed E-state index contributed by atoms with van der Waals surface area (Å²) in [7, 11) is 0. The fourth-order valence-electron chi connectivity index (χ4n) is 2.18. The van der Waals surface area contributed by atoms with Crippen LogP contribution < -0.4 is 5.56 Å². The molecule has 0 saturated heterocycles. The molecule has 2 heterocycles. The number of carboxylic acid groups (broad SMARTS) is 1. The average Bonchev–Trinajstić information content (AvgIpc) is 2.87. The molecule has 1 aliphatic carbocycles. The Kier molecular flexibility index (Phi) is 2.63. The first-order valence-corrected chi connectivity index (χ1v) is 6.56. The van der Waals surface area contributed by atoms with Crippen molar-refractivity contribution >= 4 is 17.3 Å². The minimum Gasteiger partial charge on any atom is -0.508 e. The largest absolute Gasteiger partial charge is 0.508 e. The lowest BCUT2D eigenvalue weighted by Crippen LogP contribution is -2.23. The highest BCUT2D eigenvalue weighted by Crippen LogP contribution is 2.29. The number of pyridine rings is 1. The van der Waals surface area contributed by atoms with Crippen LogP contribution in [0.5, 0.6) is 5.75 Å². The first kappa shape index (κ1) is 11.9. The number of nitrogens with zero attached hydrogens (tertiary/aromatic N) is 2. The third-order valence-corrected chi connectivity index (χ3v) is 4.15. The Bertz CT molecular complexity index is 710. The fourth-order valence-corrected chi connectivity index (χ4v) is 3.35.